The van der Waals surface area contributed by atoms with Crippen LogP contribution < -0.4 is 4.74 Å². The summed E-state index contributed by atoms with van der Waals surface area (Å²) in [5.74, 6) is 1.31. The molecule has 2 unspecified atom stereocenters. The number of nitrogens with zero attached hydrogens (tertiary/aromatic N) is 1. The lowest BCUT2D eigenvalue weighted by molar-refractivity contribution is 0.0684. The molecule has 0 bridgehead atoms. The largest absolute Gasteiger partial charge is 0.491 e. The van der Waals surface area contributed by atoms with Crippen molar-refractivity contribution >= 4 is 11.8 Å². The van der Waals surface area contributed by atoms with Crippen LogP contribution in [0.4, 0.5) is 4.39 Å². The van der Waals surface area contributed by atoms with Gasteiger partial charge in [0.2, 0.25) is 0 Å². The molecule has 0 fully saturated rings. The van der Waals surface area contributed by atoms with Gasteiger partial charge in [-0.15, -0.1) is 0 Å². The van der Waals surface area contributed by atoms with Crippen LogP contribution in [0.2, 0.25) is 0 Å². The Bertz CT molecular complexity index is 361. The number of benzene rings is 1. The standard InChI is InChI=1S/C14H22FNO2S/c1-11(10-19-3)16(2)8-13(17)9-18-14-6-4-12(15)5-7-14/h4-7,11,13,17H,8-10H2,1-3H3. The predicted octanol–water partition coefficient (Wildman–Crippen LogP) is 2.25. The Kier molecular flexibility index (Phi) is 7.20. The Morgan fingerprint density at radius 2 is 2.00 bits per heavy atom. The van der Waals surface area contributed by atoms with E-state index in [1.54, 1.807) is 23.9 Å². The van der Waals surface area contributed by atoms with Gasteiger partial charge in [-0.1, -0.05) is 0 Å². The minimum absolute atomic E-state index is 0.210. The SMILES string of the molecule is CSCC(C)N(C)CC(O)COc1ccc(F)cc1. The van der Waals surface area contributed by atoms with Crippen LogP contribution in [0.1, 0.15) is 6.92 Å². The van der Waals surface area contributed by atoms with E-state index in [4.69, 9.17) is 4.74 Å². The van der Waals surface area contributed by atoms with Gasteiger partial charge >= 0.3 is 0 Å². The maximum atomic E-state index is 12.7. The van der Waals surface area contributed by atoms with Gasteiger partial charge in [-0.25, -0.2) is 4.39 Å². The number of halogens is 1. The summed E-state index contributed by atoms with van der Waals surface area (Å²) in [6.45, 7) is 2.90. The van der Waals surface area contributed by atoms with Crippen LogP contribution >= 0.6 is 11.8 Å². The summed E-state index contributed by atoms with van der Waals surface area (Å²) in [5.41, 5.74) is 0. The summed E-state index contributed by atoms with van der Waals surface area (Å²) in [6, 6.07) is 6.21. The second-order valence-electron chi connectivity index (χ2n) is 4.66. The number of aliphatic hydroxyl groups excluding tert-OH is 1. The molecule has 0 spiro atoms. The average molecular weight is 287 g/mol. The van der Waals surface area contributed by atoms with Crippen molar-refractivity contribution in [2.75, 3.05) is 32.2 Å². The van der Waals surface area contributed by atoms with Crippen LogP contribution in [0.3, 0.4) is 0 Å². The van der Waals surface area contributed by atoms with Crippen LogP contribution in [-0.2, 0) is 0 Å². The highest BCUT2D eigenvalue weighted by molar-refractivity contribution is 7.98. The van der Waals surface area contributed by atoms with Gasteiger partial charge in [-0.3, -0.25) is 0 Å². The van der Waals surface area contributed by atoms with Crippen molar-refractivity contribution in [1.29, 1.82) is 0 Å². The topological polar surface area (TPSA) is 32.7 Å². The number of aliphatic hydroxyl groups is 1. The molecule has 3 nitrogen and oxygen atoms in total. The molecule has 0 amide bonds. The zero-order valence-electron chi connectivity index (χ0n) is 11.7. The molecule has 108 valence electrons. The number of thioether (sulfide) groups is 1. The molecule has 0 aliphatic heterocycles. The Balaban J connectivity index is 2.31. The monoisotopic (exact) mass is 287 g/mol. The van der Waals surface area contributed by atoms with E-state index in [-0.39, 0.29) is 12.4 Å². The lowest BCUT2D eigenvalue weighted by Crippen LogP contribution is -2.39. The third-order valence-corrected chi connectivity index (χ3v) is 3.73. The quantitative estimate of drug-likeness (QED) is 0.795. The van der Waals surface area contributed by atoms with E-state index in [0.29, 0.717) is 18.3 Å². The fraction of sp³-hybridized carbons (Fsp3) is 0.571. The number of ether oxygens (including phenoxy) is 1. The number of hydrogen-bond acceptors (Lipinski definition) is 4. The summed E-state index contributed by atoms with van der Waals surface area (Å²) >= 11 is 1.79. The van der Waals surface area contributed by atoms with Crippen LogP contribution in [0.15, 0.2) is 24.3 Å². The first-order valence-electron chi connectivity index (χ1n) is 6.28. The lowest BCUT2D eigenvalue weighted by atomic mass is 10.3. The molecular formula is C14H22FNO2S. The maximum absolute atomic E-state index is 12.7. The van der Waals surface area contributed by atoms with Crippen LogP contribution in [0.25, 0.3) is 0 Å². The second-order valence-corrected chi connectivity index (χ2v) is 5.57. The van der Waals surface area contributed by atoms with Gasteiger partial charge < -0.3 is 14.7 Å². The minimum Gasteiger partial charge on any atom is -0.491 e. The molecule has 0 aliphatic carbocycles. The number of rotatable bonds is 8. The third kappa shape index (κ3) is 6.27. The lowest BCUT2D eigenvalue weighted by Gasteiger charge is -2.26. The molecule has 0 aliphatic rings. The van der Waals surface area contributed by atoms with E-state index < -0.39 is 6.10 Å². The van der Waals surface area contributed by atoms with Crippen molar-refractivity contribution in [3.63, 3.8) is 0 Å². The van der Waals surface area contributed by atoms with Crippen LogP contribution in [0.5, 0.6) is 5.75 Å². The Labute approximate surface area is 118 Å². The fourth-order valence-corrected chi connectivity index (χ4v) is 2.39. The third-order valence-electron chi connectivity index (χ3n) is 2.92. The molecule has 1 rings (SSSR count). The molecule has 0 saturated heterocycles. The van der Waals surface area contributed by atoms with Crippen LogP contribution in [-0.4, -0.2) is 54.4 Å². The van der Waals surface area contributed by atoms with Gasteiger partial charge in [-0.05, 0) is 44.5 Å². The van der Waals surface area contributed by atoms with E-state index in [2.05, 4.69) is 18.1 Å². The predicted molar refractivity (Wildman–Crippen MR) is 78.4 cm³/mol. The van der Waals surface area contributed by atoms with Crippen molar-refractivity contribution in [2.24, 2.45) is 0 Å². The smallest absolute Gasteiger partial charge is 0.123 e. The summed E-state index contributed by atoms with van der Waals surface area (Å²) < 4.78 is 18.1. The van der Waals surface area contributed by atoms with Crippen molar-refractivity contribution in [3.8, 4) is 5.75 Å². The second kappa shape index (κ2) is 8.40. The molecule has 1 N–H and O–H groups in total. The summed E-state index contributed by atoms with van der Waals surface area (Å²) in [4.78, 5) is 2.11. The zero-order valence-corrected chi connectivity index (χ0v) is 12.5. The molecule has 19 heavy (non-hydrogen) atoms. The summed E-state index contributed by atoms with van der Waals surface area (Å²) in [5, 5.41) is 9.91. The minimum atomic E-state index is -0.556. The van der Waals surface area contributed by atoms with Gasteiger partial charge in [0.1, 0.15) is 24.3 Å². The molecule has 1 aromatic rings. The zero-order chi connectivity index (χ0) is 14.3. The van der Waals surface area contributed by atoms with E-state index in [1.807, 2.05) is 7.05 Å². The molecule has 2 atom stereocenters. The Morgan fingerprint density at radius 1 is 1.37 bits per heavy atom. The summed E-state index contributed by atoms with van der Waals surface area (Å²) in [7, 11) is 1.99. The van der Waals surface area contributed by atoms with Gasteiger partial charge in [-0.2, -0.15) is 11.8 Å². The van der Waals surface area contributed by atoms with Gasteiger partial charge in [0.05, 0.1) is 0 Å². The van der Waals surface area contributed by atoms with Gasteiger partial charge in [0.25, 0.3) is 0 Å². The van der Waals surface area contributed by atoms with Crippen LogP contribution in [0, 0.1) is 5.82 Å². The average Bonchev–Trinajstić information content (AvgIpc) is 2.38. The highest BCUT2D eigenvalue weighted by Gasteiger charge is 2.14. The number of likely N-dealkylation sites (N-methyl/N-ethyl adjacent to an activating group) is 1. The maximum Gasteiger partial charge on any atom is 0.123 e. The normalized spacial score (nSPS) is 14.4. The van der Waals surface area contributed by atoms with Gasteiger partial charge in [0.15, 0.2) is 0 Å². The first-order valence-corrected chi connectivity index (χ1v) is 7.68. The van der Waals surface area contributed by atoms with Crippen molar-refractivity contribution in [1.82, 2.24) is 4.90 Å². The summed E-state index contributed by atoms with van der Waals surface area (Å²) in [6.07, 6.45) is 1.51. The van der Waals surface area contributed by atoms with E-state index in [1.165, 1.54) is 12.1 Å². The Hall–Kier alpha value is -0.780. The van der Waals surface area contributed by atoms with E-state index >= 15 is 0 Å². The molecule has 0 radical (unpaired) electrons. The highest BCUT2D eigenvalue weighted by Crippen LogP contribution is 2.11. The Morgan fingerprint density at radius 3 is 2.58 bits per heavy atom. The van der Waals surface area contributed by atoms with E-state index in [0.717, 1.165) is 5.75 Å². The molecular weight excluding hydrogens is 265 g/mol. The van der Waals surface area contributed by atoms with Crippen molar-refractivity contribution in [2.45, 2.75) is 19.1 Å². The first kappa shape index (κ1) is 16.3. The molecule has 0 heterocycles. The van der Waals surface area contributed by atoms with E-state index in [9.17, 15) is 9.50 Å². The molecule has 0 saturated carbocycles. The van der Waals surface area contributed by atoms with Crippen molar-refractivity contribution in [3.05, 3.63) is 30.1 Å². The molecule has 1 aromatic carbocycles. The first-order chi connectivity index (χ1) is 9.02. The molecule has 5 heteroatoms. The van der Waals surface area contributed by atoms with Crippen molar-refractivity contribution < 1.29 is 14.2 Å². The fourth-order valence-electron chi connectivity index (χ4n) is 1.66. The number of hydrogen-bond donors (Lipinski definition) is 1. The van der Waals surface area contributed by atoms with Gasteiger partial charge in [0, 0.05) is 18.3 Å². The molecule has 0 aromatic heterocycles. The highest BCUT2D eigenvalue weighted by atomic mass is 32.2.